The molecule has 0 aliphatic carbocycles. The maximum atomic E-state index is 11.7. The van der Waals surface area contributed by atoms with E-state index in [1.165, 1.54) is 11.9 Å². The first kappa shape index (κ1) is 13.3. The van der Waals surface area contributed by atoms with Gasteiger partial charge in [0.1, 0.15) is 0 Å². The molecule has 0 spiro atoms. The lowest BCUT2D eigenvalue weighted by Gasteiger charge is -2.23. The number of hydrogen-bond donors (Lipinski definition) is 2. The van der Waals surface area contributed by atoms with Gasteiger partial charge in [-0.1, -0.05) is 32.7 Å². The Morgan fingerprint density at radius 3 is 2.31 bits per heavy atom. The van der Waals surface area contributed by atoms with Gasteiger partial charge >= 0.3 is 0 Å². The zero-order valence-corrected chi connectivity index (χ0v) is 10.4. The van der Waals surface area contributed by atoms with Crippen molar-refractivity contribution in [2.24, 2.45) is 11.8 Å². The third kappa shape index (κ3) is 4.38. The second-order valence-corrected chi connectivity index (χ2v) is 4.53. The predicted molar refractivity (Wildman–Crippen MR) is 63.3 cm³/mol. The summed E-state index contributed by atoms with van der Waals surface area (Å²) < 4.78 is 3.13. The van der Waals surface area contributed by atoms with Crippen molar-refractivity contribution in [2.75, 3.05) is 12.0 Å². The number of nitrogens with one attached hydrogen (secondary N) is 1. The van der Waals surface area contributed by atoms with Crippen LogP contribution in [0.2, 0.25) is 0 Å². The lowest BCUT2D eigenvalue weighted by atomic mass is 9.94. The molecule has 0 aromatic carbocycles. The Bertz CT molecular complexity index is 162. The Balaban J connectivity index is 4.31. The van der Waals surface area contributed by atoms with Gasteiger partial charge in [0, 0.05) is 5.92 Å². The molecule has 0 aromatic rings. The summed E-state index contributed by atoms with van der Waals surface area (Å²) in [6.45, 7) is 5.91. The Kier molecular flexibility index (Phi) is 6.91. The van der Waals surface area contributed by atoms with Gasteiger partial charge in [0.2, 0.25) is 0 Å². The molecule has 13 heavy (non-hydrogen) atoms. The first-order chi connectivity index (χ1) is 6.04. The van der Waals surface area contributed by atoms with Crippen LogP contribution in [0.1, 0.15) is 20.8 Å². The normalized spacial score (nSPS) is 15.8. The van der Waals surface area contributed by atoms with Crippen LogP contribution in [0.5, 0.6) is 0 Å². The van der Waals surface area contributed by atoms with E-state index < -0.39 is 0 Å². The van der Waals surface area contributed by atoms with Crippen molar-refractivity contribution in [3.05, 3.63) is 0 Å². The van der Waals surface area contributed by atoms with Crippen LogP contribution in [0, 0.1) is 11.8 Å². The van der Waals surface area contributed by atoms with Crippen molar-refractivity contribution in [1.29, 1.82) is 0 Å². The minimum absolute atomic E-state index is 0.0625. The summed E-state index contributed by atoms with van der Waals surface area (Å²) in [4.78, 5) is 11.7. The highest BCUT2D eigenvalue weighted by atomic mass is 32.2. The van der Waals surface area contributed by atoms with Crippen LogP contribution in [0.4, 0.5) is 0 Å². The average molecular weight is 221 g/mol. The maximum Gasteiger partial charge on any atom is 0.153 e. The highest BCUT2D eigenvalue weighted by molar-refractivity contribution is 7.96. The molecule has 0 amide bonds. The topological polar surface area (TPSA) is 29.1 Å². The van der Waals surface area contributed by atoms with Gasteiger partial charge < -0.3 is 0 Å². The molecule has 1 N–H and O–H groups in total. The monoisotopic (exact) mass is 221 g/mol. The molecule has 0 fully saturated rings. The van der Waals surface area contributed by atoms with Crippen molar-refractivity contribution >= 4 is 30.4 Å². The summed E-state index contributed by atoms with van der Waals surface area (Å²) in [5, 5.41) is 0. The number of hydrogen-bond acceptors (Lipinski definition) is 4. The fourth-order valence-electron chi connectivity index (χ4n) is 1.05. The Labute approximate surface area is 90.8 Å². The van der Waals surface area contributed by atoms with E-state index in [1.54, 1.807) is 0 Å². The highest BCUT2D eigenvalue weighted by Crippen LogP contribution is 2.13. The summed E-state index contributed by atoms with van der Waals surface area (Å²) >= 11 is 5.70. The molecule has 0 aliphatic heterocycles. The zero-order valence-electron chi connectivity index (χ0n) is 8.70. The summed E-state index contributed by atoms with van der Waals surface area (Å²) in [6.07, 6.45) is 1.94. The summed E-state index contributed by atoms with van der Waals surface area (Å²) in [6, 6.07) is -0.0625. The van der Waals surface area contributed by atoms with Gasteiger partial charge in [0.25, 0.3) is 0 Å². The molecule has 2 nitrogen and oxygen atoms in total. The van der Waals surface area contributed by atoms with Crippen LogP contribution in [-0.2, 0) is 4.79 Å². The van der Waals surface area contributed by atoms with E-state index in [0.717, 1.165) is 5.75 Å². The molecule has 0 aromatic heterocycles. The van der Waals surface area contributed by atoms with E-state index in [9.17, 15) is 4.79 Å². The number of thiol groups is 1. The fourth-order valence-corrected chi connectivity index (χ4v) is 1.86. The largest absolute Gasteiger partial charge is 0.298 e. The van der Waals surface area contributed by atoms with E-state index in [0.29, 0.717) is 0 Å². The van der Waals surface area contributed by atoms with E-state index in [2.05, 4.69) is 17.4 Å². The molecule has 0 heterocycles. The van der Waals surface area contributed by atoms with Crippen molar-refractivity contribution < 1.29 is 4.79 Å². The second-order valence-electron chi connectivity index (χ2n) is 3.52. The number of carbonyl (C=O) groups excluding carboxylic acids is 1. The summed E-state index contributed by atoms with van der Waals surface area (Å²) in [7, 11) is 0. The van der Waals surface area contributed by atoms with E-state index >= 15 is 0 Å². The summed E-state index contributed by atoms with van der Waals surface area (Å²) in [5.74, 6) is 1.38. The number of ketones is 1. The standard InChI is InChI=1S/C9H19NOS2/c1-6(2)9(11)8(10-13-4)7(3)5-12/h6-8,10,12H,5H2,1-4H3. The Hall–Kier alpha value is 0.330. The molecule has 0 saturated heterocycles. The van der Waals surface area contributed by atoms with Crippen LogP contribution in [0.3, 0.4) is 0 Å². The summed E-state index contributed by atoms with van der Waals surface area (Å²) in [5.41, 5.74) is 0. The van der Waals surface area contributed by atoms with E-state index in [1.807, 2.05) is 27.0 Å². The molecule has 78 valence electrons. The third-order valence-corrected chi connectivity index (χ3v) is 3.04. The van der Waals surface area contributed by atoms with Gasteiger partial charge in [0.15, 0.2) is 5.78 Å². The molecule has 0 bridgehead atoms. The van der Waals surface area contributed by atoms with Gasteiger partial charge in [-0.3, -0.25) is 9.52 Å². The molecular weight excluding hydrogens is 202 g/mol. The minimum Gasteiger partial charge on any atom is -0.298 e. The van der Waals surface area contributed by atoms with Gasteiger partial charge in [0.05, 0.1) is 6.04 Å². The van der Waals surface area contributed by atoms with Crippen LogP contribution in [-0.4, -0.2) is 23.8 Å². The van der Waals surface area contributed by atoms with Crippen LogP contribution >= 0.6 is 24.6 Å². The Morgan fingerprint density at radius 1 is 1.46 bits per heavy atom. The van der Waals surface area contributed by atoms with E-state index in [4.69, 9.17) is 0 Å². The average Bonchev–Trinajstić information content (AvgIpc) is 2.11. The van der Waals surface area contributed by atoms with Crippen molar-refractivity contribution in [2.45, 2.75) is 26.8 Å². The lowest BCUT2D eigenvalue weighted by Crippen LogP contribution is -2.41. The van der Waals surface area contributed by atoms with Crippen molar-refractivity contribution in [3.8, 4) is 0 Å². The van der Waals surface area contributed by atoms with Gasteiger partial charge in [-0.15, -0.1) is 0 Å². The second kappa shape index (κ2) is 6.74. The minimum atomic E-state index is -0.0625. The number of Topliss-reactive ketones (excluding diaryl/α,β-unsaturated/α-hetero) is 1. The first-order valence-corrected chi connectivity index (χ1v) is 6.33. The van der Waals surface area contributed by atoms with Crippen LogP contribution in [0.15, 0.2) is 0 Å². The quantitative estimate of drug-likeness (QED) is 0.531. The predicted octanol–water partition coefficient (Wildman–Crippen LogP) is 2.01. The maximum absolute atomic E-state index is 11.7. The first-order valence-electron chi connectivity index (χ1n) is 4.47. The van der Waals surface area contributed by atoms with Gasteiger partial charge in [-0.05, 0) is 17.9 Å². The molecule has 2 atom stereocenters. The zero-order chi connectivity index (χ0) is 10.4. The smallest absolute Gasteiger partial charge is 0.153 e. The van der Waals surface area contributed by atoms with E-state index in [-0.39, 0.29) is 23.7 Å². The fraction of sp³-hybridized carbons (Fsp3) is 0.889. The van der Waals surface area contributed by atoms with Gasteiger partial charge in [-0.25, -0.2) is 0 Å². The van der Waals surface area contributed by atoms with Crippen molar-refractivity contribution in [1.82, 2.24) is 4.72 Å². The molecule has 2 unspecified atom stereocenters. The lowest BCUT2D eigenvalue weighted by molar-refractivity contribution is -0.124. The molecular formula is C9H19NOS2. The third-order valence-electron chi connectivity index (χ3n) is 1.98. The number of rotatable bonds is 6. The van der Waals surface area contributed by atoms with Crippen LogP contribution < -0.4 is 4.72 Å². The molecule has 0 radical (unpaired) electrons. The highest BCUT2D eigenvalue weighted by Gasteiger charge is 2.25. The molecule has 0 aliphatic rings. The molecule has 4 heteroatoms. The number of carbonyl (C=O) groups is 1. The van der Waals surface area contributed by atoms with Gasteiger partial charge in [-0.2, -0.15) is 12.6 Å². The molecule has 0 saturated carbocycles. The molecule has 0 rings (SSSR count). The SMILES string of the molecule is CSNC(C(=O)C(C)C)C(C)CS. The Morgan fingerprint density at radius 2 is 2.00 bits per heavy atom. The van der Waals surface area contributed by atoms with Crippen LogP contribution in [0.25, 0.3) is 0 Å². The van der Waals surface area contributed by atoms with Crippen molar-refractivity contribution in [3.63, 3.8) is 0 Å².